The van der Waals surface area contributed by atoms with Crippen LogP contribution in [0.3, 0.4) is 0 Å². The SMILES string of the molecule is CC1CCC(C=CC2CCC(C3CCC(C(O)C4CCC(C)CC4)CC3)CC2)CC1. The van der Waals surface area contributed by atoms with E-state index in [-0.39, 0.29) is 6.10 Å². The molecule has 0 amide bonds. The van der Waals surface area contributed by atoms with Crippen LogP contribution >= 0.6 is 0 Å². The fourth-order valence-corrected chi connectivity index (χ4v) is 7.57. The molecule has 0 aromatic rings. The van der Waals surface area contributed by atoms with Crippen molar-refractivity contribution < 1.29 is 5.11 Å². The molecule has 0 radical (unpaired) electrons. The second kappa shape index (κ2) is 11.0. The summed E-state index contributed by atoms with van der Waals surface area (Å²) in [6.45, 7) is 4.81. The molecule has 1 unspecified atom stereocenters. The van der Waals surface area contributed by atoms with E-state index in [0.717, 1.165) is 35.5 Å². The van der Waals surface area contributed by atoms with Gasteiger partial charge in [-0.2, -0.15) is 0 Å². The van der Waals surface area contributed by atoms with Gasteiger partial charge < -0.3 is 5.11 Å². The first-order valence-electron chi connectivity index (χ1n) is 13.9. The highest BCUT2D eigenvalue weighted by atomic mass is 16.3. The molecule has 0 aromatic heterocycles. The van der Waals surface area contributed by atoms with Crippen LogP contribution in [-0.4, -0.2) is 11.2 Å². The predicted octanol–water partition coefficient (Wildman–Crippen LogP) is 8.17. The fraction of sp³-hybridized carbons (Fsp3) is 0.931. The van der Waals surface area contributed by atoms with Gasteiger partial charge in [-0.3, -0.25) is 0 Å². The summed E-state index contributed by atoms with van der Waals surface area (Å²) < 4.78 is 0. The molecule has 172 valence electrons. The van der Waals surface area contributed by atoms with Crippen LogP contribution in [0, 0.1) is 47.3 Å². The van der Waals surface area contributed by atoms with Crippen molar-refractivity contribution in [2.75, 3.05) is 0 Å². The van der Waals surface area contributed by atoms with Crippen molar-refractivity contribution in [1.82, 2.24) is 0 Å². The molecule has 0 bridgehead atoms. The molecule has 0 aliphatic heterocycles. The lowest BCUT2D eigenvalue weighted by Crippen LogP contribution is -2.35. The van der Waals surface area contributed by atoms with E-state index < -0.39 is 0 Å². The van der Waals surface area contributed by atoms with E-state index >= 15 is 0 Å². The quantitative estimate of drug-likeness (QED) is 0.450. The molecule has 0 aromatic carbocycles. The van der Waals surface area contributed by atoms with Crippen LogP contribution in [0.5, 0.6) is 0 Å². The summed E-state index contributed by atoms with van der Waals surface area (Å²) >= 11 is 0. The van der Waals surface area contributed by atoms with E-state index in [1.54, 1.807) is 0 Å². The summed E-state index contributed by atoms with van der Waals surface area (Å²) in [5.74, 6) is 6.77. The Bertz CT molecular complexity index is 506. The zero-order valence-corrected chi connectivity index (χ0v) is 20.1. The molecule has 0 heterocycles. The van der Waals surface area contributed by atoms with Gasteiger partial charge in [-0.15, -0.1) is 0 Å². The Morgan fingerprint density at radius 1 is 0.500 bits per heavy atom. The number of hydrogen-bond donors (Lipinski definition) is 1. The van der Waals surface area contributed by atoms with Crippen molar-refractivity contribution in [3.05, 3.63) is 12.2 Å². The highest BCUT2D eigenvalue weighted by Gasteiger charge is 2.35. The van der Waals surface area contributed by atoms with E-state index in [1.807, 2.05) is 0 Å². The molecule has 4 rings (SSSR count). The number of allylic oxidation sites excluding steroid dienone is 2. The Kier molecular flexibility index (Phi) is 8.40. The third-order valence-corrected chi connectivity index (χ3v) is 10.0. The molecule has 4 aliphatic rings. The predicted molar refractivity (Wildman–Crippen MR) is 128 cm³/mol. The zero-order chi connectivity index (χ0) is 20.9. The van der Waals surface area contributed by atoms with E-state index in [0.29, 0.717) is 11.8 Å². The molecule has 1 nitrogen and oxygen atoms in total. The molecule has 4 aliphatic carbocycles. The van der Waals surface area contributed by atoms with Crippen molar-refractivity contribution in [1.29, 1.82) is 0 Å². The van der Waals surface area contributed by atoms with Gasteiger partial charge in [-0.25, -0.2) is 0 Å². The van der Waals surface area contributed by atoms with E-state index in [4.69, 9.17) is 0 Å². The standard InChI is InChI=1S/C29H50O/c1-21-3-7-23(8-4-21)9-10-24-11-15-25(16-12-24)26-17-19-28(20-18-26)29(30)27-13-5-22(2)6-14-27/h9-10,21-30H,3-8,11-20H2,1-2H3. The van der Waals surface area contributed by atoms with Gasteiger partial charge in [0.15, 0.2) is 0 Å². The number of aliphatic hydroxyl groups excluding tert-OH is 1. The molecular formula is C29H50O. The zero-order valence-electron chi connectivity index (χ0n) is 20.1. The Morgan fingerprint density at radius 2 is 0.833 bits per heavy atom. The second-order valence-electron chi connectivity index (χ2n) is 12.3. The summed E-state index contributed by atoms with van der Waals surface area (Å²) in [6, 6.07) is 0. The highest BCUT2D eigenvalue weighted by molar-refractivity contribution is 4.97. The average molecular weight is 415 g/mol. The highest BCUT2D eigenvalue weighted by Crippen LogP contribution is 2.44. The maximum Gasteiger partial charge on any atom is 0.0596 e. The second-order valence-corrected chi connectivity index (χ2v) is 12.3. The molecule has 0 saturated heterocycles. The van der Waals surface area contributed by atoms with Crippen LogP contribution in [0.2, 0.25) is 0 Å². The van der Waals surface area contributed by atoms with Crippen molar-refractivity contribution in [2.45, 2.75) is 123 Å². The fourth-order valence-electron chi connectivity index (χ4n) is 7.57. The van der Waals surface area contributed by atoms with Gasteiger partial charge in [0.1, 0.15) is 0 Å². The van der Waals surface area contributed by atoms with Crippen molar-refractivity contribution >= 4 is 0 Å². The maximum absolute atomic E-state index is 11.0. The monoisotopic (exact) mass is 414 g/mol. The molecule has 30 heavy (non-hydrogen) atoms. The van der Waals surface area contributed by atoms with Crippen molar-refractivity contribution in [3.63, 3.8) is 0 Å². The Labute approximate surface area is 187 Å². The molecular weight excluding hydrogens is 364 g/mol. The number of hydrogen-bond acceptors (Lipinski definition) is 1. The maximum atomic E-state index is 11.0. The van der Waals surface area contributed by atoms with Crippen molar-refractivity contribution in [3.8, 4) is 0 Å². The third kappa shape index (κ3) is 6.14. The van der Waals surface area contributed by atoms with Gasteiger partial charge in [0.05, 0.1) is 6.10 Å². The van der Waals surface area contributed by atoms with Gasteiger partial charge in [-0.05, 0) is 124 Å². The van der Waals surface area contributed by atoms with E-state index in [1.165, 1.54) is 103 Å². The first kappa shape index (κ1) is 22.9. The van der Waals surface area contributed by atoms with E-state index in [9.17, 15) is 5.11 Å². The average Bonchev–Trinajstić information content (AvgIpc) is 2.79. The van der Waals surface area contributed by atoms with Crippen molar-refractivity contribution in [2.24, 2.45) is 47.3 Å². The first-order valence-corrected chi connectivity index (χ1v) is 13.9. The summed E-state index contributed by atoms with van der Waals surface area (Å²) in [4.78, 5) is 0. The van der Waals surface area contributed by atoms with Gasteiger partial charge in [0.2, 0.25) is 0 Å². The summed E-state index contributed by atoms with van der Waals surface area (Å²) in [6.07, 6.45) is 27.4. The Morgan fingerprint density at radius 3 is 1.30 bits per heavy atom. The Balaban J connectivity index is 1.15. The minimum absolute atomic E-state index is 0.00194. The molecule has 0 spiro atoms. The third-order valence-electron chi connectivity index (χ3n) is 10.0. The molecule has 1 heteroatoms. The summed E-state index contributed by atoms with van der Waals surface area (Å²) in [5.41, 5.74) is 0. The lowest BCUT2D eigenvalue weighted by molar-refractivity contribution is 0.00116. The molecule has 4 fully saturated rings. The van der Waals surface area contributed by atoms with Crippen LogP contribution in [-0.2, 0) is 0 Å². The lowest BCUT2D eigenvalue weighted by Gasteiger charge is -2.41. The van der Waals surface area contributed by atoms with Crippen LogP contribution in [0.4, 0.5) is 0 Å². The molecule has 1 N–H and O–H groups in total. The Hall–Kier alpha value is -0.300. The van der Waals surface area contributed by atoms with Gasteiger partial charge >= 0.3 is 0 Å². The normalized spacial score (nSPS) is 44.8. The number of aliphatic hydroxyl groups is 1. The van der Waals surface area contributed by atoms with E-state index in [2.05, 4.69) is 26.0 Å². The largest absolute Gasteiger partial charge is 0.393 e. The van der Waals surface area contributed by atoms with Crippen LogP contribution in [0.15, 0.2) is 12.2 Å². The molecule has 1 atom stereocenters. The summed E-state index contributed by atoms with van der Waals surface area (Å²) in [7, 11) is 0. The minimum Gasteiger partial charge on any atom is -0.393 e. The van der Waals surface area contributed by atoms with Crippen LogP contribution in [0.1, 0.15) is 117 Å². The smallest absolute Gasteiger partial charge is 0.0596 e. The first-order chi connectivity index (χ1) is 14.6. The molecule has 4 saturated carbocycles. The topological polar surface area (TPSA) is 20.2 Å². The van der Waals surface area contributed by atoms with Gasteiger partial charge in [0, 0.05) is 0 Å². The van der Waals surface area contributed by atoms with Gasteiger partial charge in [-0.1, -0.05) is 51.7 Å². The number of rotatable bonds is 5. The van der Waals surface area contributed by atoms with Gasteiger partial charge in [0.25, 0.3) is 0 Å². The summed E-state index contributed by atoms with van der Waals surface area (Å²) in [5, 5.41) is 11.0. The minimum atomic E-state index is 0.00194. The van der Waals surface area contributed by atoms with Crippen LogP contribution < -0.4 is 0 Å². The van der Waals surface area contributed by atoms with Crippen LogP contribution in [0.25, 0.3) is 0 Å². The lowest BCUT2D eigenvalue weighted by atomic mass is 9.66.